The number of anilines is 1. The summed E-state index contributed by atoms with van der Waals surface area (Å²) in [4.78, 5) is 17.8. The fourth-order valence-electron chi connectivity index (χ4n) is 1.34. The lowest BCUT2D eigenvalue weighted by Gasteiger charge is -2.09. The molecule has 0 aliphatic carbocycles. The van der Waals surface area contributed by atoms with E-state index in [0.29, 0.717) is 13.0 Å². The first-order valence-electron chi connectivity index (χ1n) is 5.84. The fraction of sp³-hybridized carbons (Fsp3) is 0.545. The highest BCUT2D eigenvalue weighted by Crippen LogP contribution is 2.29. The summed E-state index contributed by atoms with van der Waals surface area (Å²) in [5.41, 5.74) is -1.12. The van der Waals surface area contributed by atoms with Crippen molar-refractivity contribution in [2.24, 2.45) is 0 Å². The number of carbonyl (C=O) groups is 1. The monoisotopic (exact) mass is 311 g/mol. The van der Waals surface area contributed by atoms with Gasteiger partial charge in [0.25, 0.3) is 0 Å². The number of nitrogens with one attached hydrogen (secondary N) is 1. The molecule has 0 aliphatic rings. The summed E-state index contributed by atoms with van der Waals surface area (Å²) in [5, 5.41) is 2.16. The van der Waals surface area contributed by atoms with Gasteiger partial charge in [-0.1, -0.05) is 0 Å². The number of hydrogen-bond donors (Lipinski definition) is 1. The van der Waals surface area contributed by atoms with Gasteiger partial charge in [0.1, 0.15) is 5.82 Å². The average Bonchev–Trinajstić information content (AvgIpc) is 2.33. The maximum Gasteiger partial charge on any atom is 0.433 e. The third kappa shape index (κ3) is 5.60. The zero-order valence-electron chi connectivity index (χ0n) is 10.6. The van der Waals surface area contributed by atoms with Crippen LogP contribution in [0.2, 0.25) is 5.28 Å². The van der Waals surface area contributed by atoms with E-state index in [-0.39, 0.29) is 24.8 Å². The van der Waals surface area contributed by atoms with Crippen LogP contribution >= 0.6 is 11.6 Å². The Bertz CT molecular complexity index is 469. The Balaban J connectivity index is 2.52. The molecule has 1 aromatic rings. The van der Waals surface area contributed by atoms with Crippen molar-refractivity contribution in [1.29, 1.82) is 0 Å². The molecule has 1 aromatic heterocycles. The average molecular weight is 312 g/mol. The van der Waals surface area contributed by atoms with E-state index in [0.717, 1.165) is 6.07 Å². The molecule has 0 amide bonds. The Labute approximate surface area is 118 Å². The van der Waals surface area contributed by atoms with Gasteiger partial charge in [-0.05, 0) is 24.9 Å². The van der Waals surface area contributed by atoms with Crippen LogP contribution in [0.1, 0.15) is 25.5 Å². The van der Waals surface area contributed by atoms with E-state index in [9.17, 15) is 18.0 Å². The first-order valence-corrected chi connectivity index (χ1v) is 6.22. The molecule has 112 valence electrons. The minimum atomic E-state index is -4.59. The molecular formula is C11H13ClF3N3O2. The number of aromatic nitrogens is 2. The molecule has 9 heteroatoms. The quantitative estimate of drug-likeness (QED) is 0.497. The van der Waals surface area contributed by atoms with E-state index in [4.69, 9.17) is 16.3 Å². The Morgan fingerprint density at radius 3 is 2.75 bits per heavy atom. The van der Waals surface area contributed by atoms with Crippen LogP contribution < -0.4 is 5.32 Å². The lowest BCUT2D eigenvalue weighted by molar-refractivity contribution is -0.143. The number of halogens is 4. The minimum Gasteiger partial charge on any atom is -0.466 e. The molecule has 0 spiro atoms. The third-order valence-electron chi connectivity index (χ3n) is 2.16. The Hall–Kier alpha value is -1.57. The van der Waals surface area contributed by atoms with Crippen molar-refractivity contribution < 1.29 is 22.7 Å². The molecule has 0 unspecified atom stereocenters. The molecule has 0 fully saturated rings. The molecular weight excluding hydrogens is 299 g/mol. The molecule has 0 bridgehead atoms. The summed E-state index contributed by atoms with van der Waals surface area (Å²) in [6.07, 6.45) is -4.01. The van der Waals surface area contributed by atoms with Crippen LogP contribution in [0.25, 0.3) is 0 Å². The minimum absolute atomic E-state index is 0.0406. The van der Waals surface area contributed by atoms with Gasteiger partial charge in [-0.25, -0.2) is 9.97 Å². The van der Waals surface area contributed by atoms with E-state index < -0.39 is 17.2 Å². The molecule has 5 nitrogen and oxygen atoms in total. The summed E-state index contributed by atoms with van der Waals surface area (Å²) >= 11 is 5.42. The topological polar surface area (TPSA) is 64.1 Å². The first-order chi connectivity index (χ1) is 9.32. The van der Waals surface area contributed by atoms with Crippen LogP contribution in [-0.2, 0) is 15.7 Å². The van der Waals surface area contributed by atoms with Crippen LogP contribution in [0, 0.1) is 0 Å². The highest BCUT2D eigenvalue weighted by atomic mass is 35.5. The van der Waals surface area contributed by atoms with Gasteiger partial charge in [-0.15, -0.1) is 0 Å². The summed E-state index contributed by atoms with van der Waals surface area (Å²) in [7, 11) is 0. The highest BCUT2D eigenvalue weighted by molar-refractivity contribution is 6.28. The van der Waals surface area contributed by atoms with Crippen LogP contribution in [0.3, 0.4) is 0 Å². The lowest BCUT2D eigenvalue weighted by atomic mass is 10.3. The molecule has 0 aromatic carbocycles. The highest BCUT2D eigenvalue weighted by Gasteiger charge is 2.33. The lowest BCUT2D eigenvalue weighted by Crippen LogP contribution is -2.12. The Morgan fingerprint density at radius 2 is 2.15 bits per heavy atom. The maximum atomic E-state index is 12.5. The van der Waals surface area contributed by atoms with Gasteiger partial charge in [-0.2, -0.15) is 13.2 Å². The molecule has 20 heavy (non-hydrogen) atoms. The van der Waals surface area contributed by atoms with Gasteiger partial charge in [0, 0.05) is 19.0 Å². The van der Waals surface area contributed by atoms with E-state index in [1.54, 1.807) is 6.92 Å². The number of carbonyl (C=O) groups excluding carboxylic acids is 1. The number of hydrogen-bond acceptors (Lipinski definition) is 5. The molecule has 0 atom stereocenters. The molecule has 0 saturated heterocycles. The third-order valence-corrected chi connectivity index (χ3v) is 2.33. The largest absolute Gasteiger partial charge is 0.466 e. The number of esters is 1. The van der Waals surface area contributed by atoms with Crippen LogP contribution in [0.4, 0.5) is 19.0 Å². The SMILES string of the molecule is CCOC(=O)CCCNc1cc(C(F)(F)F)nc(Cl)n1. The molecule has 0 radical (unpaired) electrons. The fourth-order valence-corrected chi connectivity index (χ4v) is 1.52. The normalized spacial score (nSPS) is 11.2. The van der Waals surface area contributed by atoms with Crippen molar-refractivity contribution in [3.05, 3.63) is 17.0 Å². The predicted molar refractivity (Wildman–Crippen MR) is 66.4 cm³/mol. The Morgan fingerprint density at radius 1 is 1.45 bits per heavy atom. The van der Waals surface area contributed by atoms with Crippen molar-refractivity contribution in [2.45, 2.75) is 25.9 Å². The molecule has 1 rings (SSSR count). The number of ether oxygens (including phenoxy) is 1. The van der Waals surface area contributed by atoms with E-state index in [1.165, 1.54) is 0 Å². The maximum absolute atomic E-state index is 12.5. The predicted octanol–water partition coefficient (Wildman–Crippen LogP) is 2.90. The van der Waals surface area contributed by atoms with Crippen LogP contribution in [0.5, 0.6) is 0 Å². The Kier molecular flexibility index (Phi) is 6.00. The summed E-state index contributed by atoms with van der Waals surface area (Å²) in [6, 6.07) is 0.760. The van der Waals surface area contributed by atoms with E-state index >= 15 is 0 Å². The van der Waals surface area contributed by atoms with Gasteiger partial charge < -0.3 is 10.1 Å². The van der Waals surface area contributed by atoms with E-state index in [2.05, 4.69) is 15.3 Å². The second-order valence-corrected chi connectivity index (χ2v) is 4.08. The van der Waals surface area contributed by atoms with Crippen molar-refractivity contribution >= 4 is 23.4 Å². The molecule has 1 heterocycles. The zero-order valence-corrected chi connectivity index (χ0v) is 11.4. The van der Waals surface area contributed by atoms with E-state index in [1.807, 2.05) is 0 Å². The second kappa shape index (κ2) is 7.28. The molecule has 0 saturated carbocycles. The van der Waals surface area contributed by atoms with Crippen molar-refractivity contribution in [3.8, 4) is 0 Å². The summed E-state index contributed by atoms with van der Waals surface area (Å²) in [5.74, 6) is -0.396. The molecule has 0 aliphatic heterocycles. The summed E-state index contributed by atoms with van der Waals surface area (Å²) in [6.45, 7) is 2.25. The van der Waals surface area contributed by atoms with Gasteiger partial charge in [0.05, 0.1) is 6.61 Å². The standard InChI is InChI=1S/C11H13ClF3N3O2/c1-2-20-9(19)4-3-5-16-8-6-7(11(13,14)15)17-10(12)18-8/h6H,2-5H2,1H3,(H,16,17,18). The van der Waals surface area contributed by atoms with Crippen molar-refractivity contribution in [2.75, 3.05) is 18.5 Å². The summed E-state index contributed by atoms with van der Waals surface area (Å²) < 4.78 is 42.2. The second-order valence-electron chi connectivity index (χ2n) is 3.74. The number of alkyl halides is 3. The smallest absolute Gasteiger partial charge is 0.433 e. The van der Waals surface area contributed by atoms with Gasteiger partial charge in [0.2, 0.25) is 5.28 Å². The van der Waals surface area contributed by atoms with Crippen LogP contribution in [0.15, 0.2) is 6.07 Å². The van der Waals surface area contributed by atoms with Gasteiger partial charge in [0.15, 0.2) is 5.69 Å². The number of nitrogens with zero attached hydrogens (tertiary/aromatic N) is 2. The van der Waals surface area contributed by atoms with Gasteiger partial charge >= 0.3 is 12.1 Å². The first kappa shape index (κ1) is 16.5. The van der Waals surface area contributed by atoms with Gasteiger partial charge in [-0.3, -0.25) is 4.79 Å². The van der Waals surface area contributed by atoms with Crippen LogP contribution in [-0.4, -0.2) is 29.1 Å². The molecule has 1 N–H and O–H groups in total. The van der Waals surface area contributed by atoms with Crippen molar-refractivity contribution in [1.82, 2.24) is 9.97 Å². The van der Waals surface area contributed by atoms with Crippen molar-refractivity contribution in [3.63, 3.8) is 0 Å². The zero-order chi connectivity index (χ0) is 15.2. The number of rotatable bonds is 6.